The molecule has 2 aromatic rings. The van der Waals surface area contributed by atoms with Crippen molar-refractivity contribution in [3.8, 4) is 0 Å². The maximum atomic E-state index is 13.3. The van der Waals surface area contributed by atoms with Gasteiger partial charge in [-0.2, -0.15) is 11.8 Å². The van der Waals surface area contributed by atoms with Gasteiger partial charge in [-0.05, 0) is 29.8 Å². The van der Waals surface area contributed by atoms with Crippen LogP contribution in [0.1, 0.15) is 15.9 Å². The lowest BCUT2D eigenvalue weighted by molar-refractivity contribution is -0.126. The van der Waals surface area contributed by atoms with E-state index in [-0.39, 0.29) is 17.7 Å². The first-order chi connectivity index (χ1) is 14.5. The lowest BCUT2D eigenvalue weighted by Gasteiger charge is -2.21. The van der Waals surface area contributed by atoms with Crippen molar-refractivity contribution < 1.29 is 19.1 Å². The molecule has 0 bridgehead atoms. The molecule has 0 radical (unpaired) electrons. The number of carbonyl (C=O) groups is 2. The Morgan fingerprint density at radius 1 is 1.03 bits per heavy atom. The first-order valence-electron chi connectivity index (χ1n) is 10.1. The fraction of sp³-hybridized carbons (Fsp3) is 0.391. The number of rotatable bonds is 6. The number of hydrogen-bond acceptors (Lipinski definition) is 5. The van der Waals surface area contributed by atoms with Gasteiger partial charge in [0.25, 0.3) is 0 Å². The van der Waals surface area contributed by atoms with E-state index in [9.17, 15) is 19.1 Å². The number of nitrogens with zero attached hydrogens (tertiary/aromatic N) is 1. The summed E-state index contributed by atoms with van der Waals surface area (Å²) in [7, 11) is 0. The quantitative estimate of drug-likeness (QED) is 0.692. The molecule has 1 amide bonds. The molecule has 0 aliphatic carbocycles. The number of aliphatic hydroxyl groups is 1. The summed E-state index contributed by atoms with van der Waals surface area (Å²) in [5.74, 6) is -0.484. The molecular formula is C23H25FN2O3S. The van der Waals surface area contributed by atoms with Crippen molar-refractivity contribution in [1.29, 1.82) is 0 Å². The minimum absolute atomic E-state index is 0.146. The van der Waals surface area contributed by atoms with Crippen molar-refractivity contribution in [2.75, 3.05) is 24.6 Å². The third kappa shape index (κ3) is 4.74. The fourth-order valence-corrected chi connectivity index (χ4v) is 5.36. The number of hydrogen-bond donors (Lipinski definition) is 2. The largest absolute Gasteiger partial charge is 0.390 e. The third-order valence-electron chi connectivity index (χ3n) is 5.82. The first-order valence-corrected chi connectivity index (χ1v) is 11.3. The van der Waals surface area contributed by atoms with Crippen molar-refractivity contribution >= 4 is 23.5 Å². The van der Waals surface area contributed by atoms with Gasteiger partial charge in [0.1, 0.15) is 5.82 Å². The van der Waals surface area contributed by atoms with Crippen LogP contribution in [-0.2, 0) is 11.3 Å². The number of Topliss-reactive ketones (excluding diaryl/α,β-unsaturated/α-hetero) is 1. The van der Waals surface area contributed by atoms with Gasteiger partial charge in [-0.3, -0.25) is 14.5 Å². The highest BCUT2D eigenvalue weighted by Gasteiger charge is 2.43. The smallest absolute Gasteiger partial charge is 0.225 e. The SMILES string of the molecule is O=C(NC1CSCC1O)[C@@H]1CN(Cc2ccccc2)C[C@H]1C(=O)c1ccc(F)cc1. The molecule has 2 unspecified atom stereocenters. The second-order valence-electron chi connectivity index (χ2n) is 7.98. The number of halogens is 1. The molecule has 2 aromatic carbocycles. The zero-order chi connectivity index (χ0) is 21.1. The Morgan fingerprint density at radius 3 is 2.40 bits per heavy atom. The molecule has 2 N–H and O–H groups in total. The molecule has 158 valence electrons. The van der Waals surface area contributed by atoms with Gasteiger partial charge < -0.3 is 10.4 Å². The van der Waals surface area contributed by atoms with Crippen LogP contribution in [0.2, 0.25) is 0 Å². The first kappa shape index (κ1) is 21.0. The van der Waals surface area contributed by atoms with Crippen molar-refractivity contribution in [2.24, 2.45) is 11.8 Å². The molecule has 0 aromatic heterocycles. The monoisotopic (exact) mass is 428 g/mol. The molecule has 0 spiro atoms. The van der Waals surface area contributed by atoms with Gasteiger partial charge in [0.2, 0.25) is 5.91 Å². The van der Waals surface area contributed by atoms with Crippen LogP contribution in [0.25, 0.3) is 0 Å². The number of aliphatic hydroxyl groups excluding tert-OH is 1. The molecule has 2 fully saturated rings. The second kappa shape index (κ2) is 9.29. The lowest BCUT2D eigenvalue weighted by Crippen LogP contribution is -2.47. The molecule has 2 aliphatic heterocycles. The van der Waals surface area contributed by atoms with E-state index in [4.69, 9.17) is 0 Å². The van der Waals surface area contributed by atoms with Crippen LogP contribution >= 0.6 is 11.8 Å². The number of amides is 1. The van der Waals surface area contributed by atoms with Gasteiger partial charge in [-0.1, -0.05) is 30.3 Å². The molecule has 0 saturated carbocycles. The fourth-order valence-electron chi connectivity index (χ4n) is 4.19. The highest BCUT2D eigenvalue weighted by molar-refractivity contribution is 7.99. The minimum atomic E-state index is -0.563. The summed E-state index contributed by atoms with van der Waals surface area (Å²) in [6.07, 6.45) is -0.563. The Bertz CT molecular complexity index is 893. The van der Waals surface area contributed by atoms with Crippen molar-refractivity contribution in [1.82, 2.24) is 10.2 Å². The normalized spacial score (nSPS) is 26.6. The molecule has 7 heteroatoms. The zero-order valence-electron chi connectivity index (χ0n) is 16.5. The predicted octanol–water partition coefficient (Wildman–Crippen LogP) is 2.35. The van der Waals surface area contributed by atoms with Gasteiger partial charge in [-0.25, -0.2) is 4.39 Å². The number of nitrogens with one attached hydrogen (secondary N) is 1. The van der Waals surface area contributed by atoms with Crippen molar-refractivity contribution in [3.05, 3.63) is 71.5 Å². The standard InChI is InChI=1S/C23H25FN2O3S/c24-17-8-6-16(7-9-17)22(28)18-11-26(10-15-4-2-1-3-5-15)12-19(18)23(29)25-20-13-30-14-21(20)27/h1-9,18-21,27H,10-14H2,(H,25,29)/t18-,19-,20?,21?/m1/s1. The van der Waals surface area contributed by atoms with Gasteiger partial charge in [0, 0.05) is 42.6 Å². The van der Waals surface area contributed by atoms with E-state index >= 15 is 0 Å². The average molecular weight is 429 g/mol. The Kier molecular flexibility index (Phi) is 6.51. The van der Waals surface area contributed by atoms with E-state index in [0.29, 0.717) is 36.7 Å². The molecule has 30 heavy (non-hydrogen) atoms. The van der Waals surface area contributed by atoms with E-state index in [1.807, 2.05) is 30.3 Å². The second-order valence-corrected chi connectivity index (χ2v) is 9.06. The number of ketones is 1. The summed E-state index contributed by atoms with van der Waals surface area (Å²) >= 11 is 1.60. The van der Waals surface area contributed by atoms with Gasteiger partial charge in [0.05, 0.1) is 18.1 Å². The van der Waals surface area contributed by atoms with E-state index < -0.39 is 23.8 Å². The van der Waals surface area contributed by atoms with E-state index in [1.165, 1.54) is 24.3 Å². The van der Waals surface area contributed by atoms with Gasteiger partial charge in [0.15, 0.2) is 5.78 Å². The molecule has 2 saturated heterocycles. The molecule has 2 heterocycles. The lowest BCUT2D eigenvalue weighted by atomic mass is 9.87. The maximum Gasteiger partial charge on any atom is 0.225 e. The number of carbonyl (C=O) groups excluding carboxylic acids is 2. The maximum absolute atomic E-state index is 13.3. The van der Waals surface area contributed by atoms with E-state index in [2.05, 4.69) is 10.2 Å². The van der Waals surface area contributed by atoms with Gasteiger partial charge in [-0.15, -0.1) is 0 Å². The summed E-state index contributed by atoms with van der Waals surface area (Å²) in [6, 6.07) is 15.1. The molecule has 4 rings (SSSR count). The number of thioether (sulfide) groups is 1. The Labute approximate surface area is 179 Å². The highest BCUT2D eigenvalue weighted by Crippen LogP contribution is 2.29. The van der Waals surface area contributed by atoms with Crippen LogP contribution in [-0.4, -0.2) is 58.4 Å². The summed E-state index contributed by atoms with van der Waals surface area (Å²) in [4.78, 5) is 28.4. The van der Waals surface area contributed by atoms with Gasteiger partial charge >= 0.3 is 0 Å². The highest BCUT2D eigenvalue weighted by atomic mass is 32.2. The van der Waals surface area contributed by atoms with Crippen LogP contribution < -0.4 is 5.32 Å². The molecule has 2 aliphatic rings. The summed E-state index contributed by atoms with van der Waals surface area (Å²) in [5, 5.41) is 13.0. The Morgan fingerprint density at radius 2 is 1.73 bits per heavy atom. The van der Waals surface area contributed by atoms with Crippen molar-refractivity contribution in [3.63, 3.8) is 0 Å². The van der Waals surface area contributed by atoms with Crippen LogP contribution in [0.5, 0.6) is 0 Å². The molecule has 4 atom stereocenters. The number of likely N-dealkylation sites (tertiary alicyclic amines) is 1. The summed E-state index contributed by atoms with van der Waals surface area (Å²) in [6.45, 7) is 1.58. The Balaban J connectivity index is 1.52. The van der Waals surface area contributed by atoms with Crippen LogP contribution in [0.4, 0.5) is 4.39 Å². The topological polar surface area (TPSA) is 69.6 Å². The van der Waals surface area contributed by atoms with E-state index in [0.717, 1.165) is 5.56 Å². The predicted molar refractivity (Wildman–Crippen MR) is 115 cm³/mol. The summed E-state index contributed by atoms with van der Waals surface area (Å²) in [5.41, 5.74) is 1.53. The minimum Gasteiger partial charge on any atom is -0.390 e. The van der Waals surface area contributed by atoms with E-state index in [1.54, 1.807) is 11.8 Å². The zero-order valence-corrected chi connectivity index (χ0v) is 17.4. The summed E-state index contributed by atoms with van der Waals surface area (Å²) < 4.78 is 13.3. The Hall–Kier alpha value is -2.22. The number of benzene rings is 2. The van der Waals surface area contributed by atoms with Crippen LogP contribution in [0, 0.1) is 17.7 Å². The van der Waals surface area contributed by atoms with Crippen LogP contribution in [0.3, 0.4) is 0 Å². The average Bonchev–Trinajstić information content (AvgIpc) is 3.35. The molecular weight excluding hydrogens is 403 g/mol. The molecule has 5 nitrogen and oxygen atoms in total. The third-order valence-corrected chi connectivity index (χ3v) is 7.00. The van der Waals surface area contributed by atoms with Crippen LogP contribution in [0.15, 0.2) is 54.6 Å². The van der Waals surface area contributed by atoms with Crippen molar-refractivity contribution in [2.45, 2.75) is 18.7 Å².